The summed E-state index contributed by atoms with van der Waals surface area (Å²) in [5.41, 5.74) is 1.63. The molecule has 1 N–H and O–H groups in total. The molecular weight excluding hydrogens is 409 g/mol. The molecule has 3 aromatic carbocycles. The first-order chi connectivity index (χ1) is 14.7. The zero-order valence-corrected chi connectivity index (χ0v) is 18.0. The molecule has 0 aliphatic rings. The predicted molar refractivity (Wildman–Crippen MR) is 129 cm³/mol. The summed E-state index contributed by atoms with van der Waals surface area (Å²) in [5, 5.41) is 3.36. The van der Waals surface area contributed by atoms with Gasteiger partial charge < -0.3 is 0 Å². The molecule has 0 amide bonds. The molecule has 0 radical (unpaired) electrons. The van der Waals surface area contributed by atoms with E-state index in [0.717, 1.165) is 27.3 Å². The van der Waals surface area contributed by atoms with Gasteiger partial charge in [-0.1, -0.05) is 0 Å². The van der Waals surface area contributed by atoms with Gasteiger partial charge in [-0.3, -0.25) is 0 Å². The fourth-order valence-corrected chi connectivity index (χ4v) is 10.1. The summed E-state index contributed by atoms with van der Waals surface area (Å²) in [7, 11) is 0. The van der Waals surface area contributed by atoms with Gasteiger partial charge in [0.15, 0.2) is 0 Å². The molecule has 5 heteroatoms. The fraction of sp³-hybridized carbons (Fsp3) is 0.0400. The van der Waals surface area contributed by atoms with Crippen molar-refractivity contribution >= 4 is 44.3 Å². The van der Waals surface area contributed by atoms with Gasteiger partial charge in [-0.05, 0) is 0 Å². The summed E-state index contributed by atoms with van der Waals surface area (Å²) in [6, 6.07) is 35.2. The van der Waals surface area contributed by atoms with Crippen LogP contribution in [0.1, 0.15) is 5.82 Å². The van der Waals surface area contributed by atoms with Crippen LogP contribution in [0.2, 0.25) is 0 Å². The molecule has 2 heterocycles. The number of H-pyrrole nitrogens is 1. The van der Waals surface area contributed by atoms with Crippen LogP contribution in [0.5, 0.6) is 0 Å². The Morgan fingerprint density at radius 2 is 1.17 bits per heavy atom. The van der Waals surface area contributed by atoms with Crippen molar-refractivity contribution in [2.24, 2.45) is 0 Å². The van der Waals surface area contributed by atoms with Crippen LogP contribution in [0.3, 0.4) is 0 Å². The number of halogens is 1. The second-order valence-electron chi connectivity index (χ2n) is 7.41. The van der Waals surface area contributed by atoms with Crippen LogP contribution in [0.25, 0.3) is 11.2 Å². The van der Waals surface area contributed by atoms with Crippen molar-refractivity contribution in [3.63, 3.8) is 0 Å². The summed E-state index contributed by atoms with van der Waals surface area (Å²) in [6.45, 7) is 0. The van der Waals surface area contributed by atoms with Gasteiger partial charge in [-0.15, -0.1) is 0 Å². The first-order valence-electron chi connectivity index (χ1n) is 9.88. The third-order valence-corrected chi connectivity index (χ3v) is 12.8. The number of rotatable bonds is 5. The molecule has 30 heavy (non-hydrogen) atoms. The van der Waals surface area contributed by atoms with Gasteiger partial charge in [0.25, 0.3) is 0 Å². The number of hydrogen-bond acceptors (Lipinski definition) is 2. The van der Waals surface area contributed by atoms with Gasteiger partial charge in [-0.25, -0.2) is 0 Å². The Morgan fingerprint density at radius 1 is 0.667 bits per heavy atom. The van der Waals surface area contributed by atoms with Gasteiger partial charge in [0.2, 0.25) is 0 Å². The molecule has 0 bridgehead atoms. The van der Waals surface area contributed by atoms with E-state index in [2.05, 4.69) is 82.8 Å². The normalized spacial score (nSPS) is 13.0. The second-order valence-corrected chi connectivity index (χ2v) is 13.9. The molecule has 0 atom stereocenters. The molecule has 5 rings (SSSR count). The molecular formula is C25H21ClN3P. The number of imidazole rings is 1. The number of nitrogens with one attached hydrogen (secondary N) is 1. The van der Waals surface area contributed by atoms with Crippen molar-refractivity contribution in [3.8, 4) is 0 Å². The van der Waals surface area contributed by atoms with Gasteiger partial charge in [0.05, 0.1) is 0 Å². The van der Waals surface area contributed by atoms with E-state index in [4.69, 9.17) is 16.2 Å². The van der Waals surface area contributed by atoms with E-state index in [1.165, 1.54) is 0 Å². The summed E-state index contributed by atoms with van der Waals surface area (Å²) < 4.78 is 0. The number of nitrogens with zero attached hydrogens (tertiary/aromatic N) is 2. The van der Waals surface area contributed by atoms with E-state index in [1.54, 1.807) is 6.20 Å². The van der Waals surface area contributed by atoms with Crippen LogP contribution in [-0.4, -0.2) is 15.0 Å². The summed E-state index contributed by atoms with van der Waals surface area (Å²) in [5.74, 6) is -2.55. The second kappa shape index (κ2) is 7.36. The molecule has 0 unspecified atom stereocenters. The van der Waals surface area contributed by atoms with Crippen LogP contribution in [0, 0.1) is 0 Å². The minimum absolute atomic E-state index is 0.571. The van der Waals surface area contributed by atoms with E-state index in [1.807, 2.05) is 30.3 Å². The topological polar surface area (TPSA) is 41.6 Å². The molecule has 0 saturated carbocycles. The zero-order valence-electron chi connectivity index (χ0n) is 16.3. The van der Waals surface area contributed by atoms with E-state index in [-0.39, 0.29) is 0 Å². The van der Waals surface area contributed by atoms with Crippen molar-refractivity contribution in [2.75, 3.05) is 0 Å². The average Bonchev–Trinajstić information content (AvgIpc) is 3.23. The predicted octanol–water partition coefficient (Wildman–Crippen LogP) is 5.14. The maximum absolute atomic E-state index is 8.09. The van der Waals surface area contributed by atoms with Gasteiger partial charge in [0.1, 0.15) is 0 Å². The summed E-state index contributed by atoms with van der Waals surface area (Å²) >= 11 is 8.09. The standard InChI is InChI=1S/C25H21ClN3P/c26-30(20-11-4-1-5-12-20,21-13-6-2-7-14-21,22-15-8-3-9-16-22)19-24-28-23-17-10-18-27-25(23)29-24/h1-18H,19H2,(H,27,28,29). The SMILES string of the molecule is ClP(Cc1nc2ncccc2[nH]1)(c1ccccc1)(c1ccccc1)c1ccccc1. The third-order valence-electron chi connectivity index (χ3n) is 5.64. The fourth-order valence-electron chi connectivity index (χ4n) is 4.19. The molecule has 0 aliphatic heterocycles. The molecule has 5 aromatic rings. The van der Waals surface area contributed by atoms with Gasteiger partial charge >= 0.3 is 181 Å². The zero-order chi connectivity index (χ0) is 20.5. The van der Waals surface area contributed by atoms with Crippen molar-refractivity contribution in [2.45, 2.75) is 6.16 Å². The minimum atomic E-state index is -3.39. The van der Waals surface area contributed by atoms with Crippen LogP contribution in [-0.2, 0) is 6.16 Å². The van der Waals surface area contributed by atoms with Crippen molar-refractivity contribution in [1.82, 2.24) is 15.0 Å². The van der Waals surface area contributed by atoms with Gasteiger partial charge in [0, 0.05) is 0 Å². The number of hydrogen-bond donors (Lipinski definition) is 1. The average molecular weight is 430 g/mol. The van der Waals surface area contributed by atoms with E-state index in [0.29, 0.717) is 11.8 Å². The Balaban J connectivity index is 1.84. The third kappa shape index (κ3) is 2.94. The first-order valence-corrected chi connectivity index (χ1v) is 13.2. The molecule has 0 saturated heterocycles. The quantitative estimate of drug-likeness (QED) is 0.393. The number of aromatic nitrogens is 3. The van der Waals surface area contributed by atoms with Gasteiger partial charge in [-0.2, -0.15) is 0 Å². The van der Waals surface area contributed by atoms with Crippen LogP contribution in [0.15, 0.2) is 109 Å². The number of benzene rings is 3. The van der Waals surface area contributed by atoms with Crippen molar-refractivity contribution < 1.29 is 0 Å². The Bertz CT molecular complexity index is 1150. The van der Waals surface area contributed by atoms with E-state index in [9.17, 15) is 0 Å². The molecule has 148 valence electrons. The van der Waals surface area contributed by atoms with Crippen LogP contribution in [0.4, 0.5) is 0 Å². The van der Waals surface area contributed by atoms with Crippen molar-refractivity contribution in [1.29, 1.82) is 0 Å². The van der Waals surface area contributed by atoms with E-state index >= 15 is 0 Å². The molecule has 3 nitrogen and oxygen atoms in total. The molecule has 0 fully saturated rings. The maximum atomic E-state index is 8.09. The Hall–Kier alpha value is -3.00. The summed E-state index contributed by atoms with van der Waals surface area (Å²) in [4.78, 5) is 12.7. The van der Waals surface area contributed by atoms with Crippen LogP contribution >= 0.6 is 17.2 Å². The number of pyridine rings is 1. The number of aromatic amines is 1. The first kappa shape index (κ1) is 19.0. The molecule has 0 aliphatic carbocycles. The number of fused-ring (bicyclic) bond motifs is 1. The Morgan fingerprint density at radius 3 is 1.63 bits per heavy atom. The monoisotopic (exact) mass is 429 g/mol. The Kier molecular flexibility index (Phi) is 4.66. The Labute approximate surface area is 180 Å². The molecule has 0 spiro atoms. The van der Waals surface area contributed by atoms with Crippen molar-refractivity contribution in [3.05, 3.63) is 115 Å². The summed E-state index contributed by atoms with van der Waals surface area (Å²) in [6.07, 6.45) is 2.33. The van der Waals surface area contributed by atoms with E-state index < -0.39 is 5.96 Å². The van der Waals surface area contributed by atoms with Crippen LogP contribution < -0.4 is 15.9 Å². The molecule has 2 aromatic heterocycles.